The predicted octanol–water partition coefficient (Wildman–Crippen LogP) is 2.72. The van der Waals surface area contributed by atoms with E-state index in [0.717, 1.165) is 17.5 Å². The van der Waals surface area contributed by atoms with Crippen LogP contribution in [-0.2, 0) is 5.41 Å². The van der Waals surface area contributed by atoms with E-state index in [0.29, 0.717) is 35.5 Å². The highest BCUT2D eigenvalue weighted by Gasteiger charge is 2.61. The van der Waals surface area contributed by atoms with Crippen molar-refractivity contribution in [3.63, 3.8) is 0 Å². The van der Waals surface area contributed by atoms with E-state index in [4.69, 9.17) is 0 Å². The molecule has 2 atom stereocenters. The summed E-state index contributed by atoms with van der Waals surface area (Å²) < 4.78 is 13.6. The number of hydrogen-bond donors (Lipinski definition) is 2. The second-order valence-electron chi connectivity index (χ2n) is 7.51. The van der Waals surface area contributed by atoms with Gasteiger partial charge in [-0.25, -0.2) is 4.39 Å². The minimum absolute atomic E-state index is 0.133. The van der Waals surface area contributed by atoms with Crippen LogP contribution in [0, 0.1) is 18.7 Å². The molecule has 1 aliphatic heterocycles. The van der Waals surface area contributed by atoms with E-state index in [2.05, 4.69) is 9.97 Å². The quantitative estimate of drug-likeness (QED) is 0.745. The van der Waals surface area contributed by atoms with Gasteiger partial charge in [-0.05, 0) is 42.5 Å². The number of hydrogen-bond acceptors (Lipinski definition) is 2. The number of aryl methyl sites for hydroxylation is 1. The SMILES string of the molecule is Cc1c[nH]c(=O)c2c(C(=O)N3CC4CC4(c4cccc(F)c4)C3)c[nH]c12. The zero-order valence-corrected chi connectivity index (χ0v) is 14.3. The molecular formula is C20H18FN3O2. The predicted molar refractivity (Wildman–Crippen MR) is 95.7 cm³/mol. The molecule has 0 spiro atoms. The molecule has 1 aromatic carbocycles. The molecule has 132 valence electrons. The average molecular weight is 351 g/mol. The largest absolute Gasteiger partial charge is 0.360 e. The Bertz CT molecular complexity index is 1120. The number of nitrogens with zero attached hydrogens (tertiary/aromatic N) is 1. The minimum atomic E-state index is -0.264. The van der Waals surface area contributed by atoms with Crippen molar-refractivity contribution in [2.45, 2.75) is 18.8 Å². The smallest absolute Gasteiger partial charge is 0.258 e. The monoisotopic (exact) mass is 351 g/mol. The molecular weight excluding hydrogens is 333 g/mol. The van der Waals surface area contributed by atoms with Crippen molar-refractivity contribution in [3.8, 4) is 0 Å². The Morgan fingerprint density at radius 3 is 2.96 bits per heavy atom. The Morgan fingerprint density at radius 2 is 2.15 bits per heavy atom. The molecule has 2 aliphatic rings. The van der Waals surface area contributed by atoms with Crippen LogP contribution in [0.1, 0.15) is 27.9 Å². The van der Waals surface area contributed by atoms with Gasteiger partial charge in [0.25, 0.3) is 11.5 Å². The average Bonchev–Trinajstić information content (AvgIpc) is 3.00. The third kappa shape index (κ3) is 2.01. The van der Waals surface area contributed by atoms with Crippen LogP contribution in [0.2, 0.25) is 0 Å². The Morgan fingerprint density at radius 1 is 1.31 bits per heavy atom. The van der Waals surface area contributed by atoms with Crippen LogP contribution >= 0.6 is 0 Å². The van der Waals surface area contributed by atoms with E-state index < -0.39 is 0 Å². The van der Waals surface area contributed by atoms with E-state index in [1.807, 2.05) is 13.0 Å². The number of aromatic nitrogens is 2. The first kappa shape index (κ1) is 15.4. The number of pyridine rings is 1. The van der Waals surface area contributed by atoms with Crippen LogP contribution in [-0.4, -0.2) is 33.9 Å². The van der Waals surface area contributed by atoms with Gasteiger partial charge in [0.1, 0.15) is 5.82 Å². The molecule has 5 rings (SSSR count). The van der Waals surface area contributed by atoms with E-state index in [-0.39, 0.29) is 22.7 Å². The summed E-state index contributed by atoms with van der Waals surface area (Å²) in [4.78, 5) is 32.8. The number of fused-ring (bicyclic) bond motifs is 2. The first-order valence-electron chi connectivity index (χ1n) is 8.74. The van der Waals surface area contributed by atoms with Gasteiger partial charge in [0, 0.05) is 30.9 Å². The molecule has 1 aliphatic carbocycles. The number of likely N-dealkylation sites (tertiary alicyclic amines) is 1. The Labute approximate surface area is 148 Å². The Balaban J connectivity index is 1.49. The second kappa shape index (κ2) is 5.06. The lowest BCUT2D eigenvalue weighted by Gasteiger charge is -2.21. The summed E-state index contributed by atoms with van der Waals surface area (Å²) in [5.74, 6) is -0.0280. The molecule has 2 N–H and O–H groups in total. The van der Waals surface area contributed by atoms with Gasteiger partial charge in [-0.2, -0.15) is 0 Å². The highest BCUT2D eigenvalue weighted by atomic mass is 19.1. The van der Waals surface area contributed by atoms with Crippen molar-refractivity contribution in [2.75, 3.05) is 13.1 Å². The van der Waals surface area contributed by atoms with E-state index >= 15 is 0 Å². The fourth-order valence-corrected chi connectivity index (χ4v) is 4.51. The Hall–Kier alpha value is -2.89. The van der Waals surface area contributed by atoms with Crippen molar-refractivity contribution in [1.82, 2.24) is 14.9 Å². The van der Waals surface area contributed by atoms with E-state index in [1.54, 1.807) is 29.4 Å². The molecule has 3 heterocycles. The van der Waals surface area contributed by atoms with Gasteiger partial charge in [-0.15, -0.1) is 0 Å². The van der Waals surface area contributed by atoms with Crippen LogP contribution in [0.15, 0.2) is 41.5 Å². The van der Waals surface area contributed by atoms with Crippen molar-refractivity contribution < 1.29 is 9.18 Å². The number of halogens is 1. The third-order valence-electron chi connectivity index (χ3n) is 5.98. The number of nitrogens with one attached hydrogen (secondary N) is 2. The molecule has 0 bridgehead atoms. The fourth-order valence-electron chi connectivity index (χ4n) is 4.51. The zero-order chi connectivity index (χ0) is 18.1. The maximum atomic E-state index is 13.6. The van der Waals surface area contributed by atoms with Crippen LogP contribution < -0.4 is 5.56 Å². The lowest BCUT2D eigenvalue weighted by Crippen LogP contribution is -2.33. The lowest BCUT2D eigenvalue weighted by atomic mass is 9.95. The molecule has 0 radical (unpaired) electrons. The molecule has 3 aromatic rings. The number of rotatable bonds is 2. The third-order valence-corrected chi connectivity index (χ3v) is 5.98. The fraction of sp³-hybridized carbons (Fsp3) is 0.300. The van der Waals surface area contributed by atoms with Crippen LogP contribution in [0.3, 0.4) is 0 Å². The maximum Gasteiger partial charge on any atom is 0.258 e. The van der Waals surface area contributed by atoms with Crippen molar-refractivity contribution in [3.05, 3.63) is 69.5 Å². The van der Waals surface area contributed by atoms with Gasteiger partial charge >= 0.3 is 0 Å². The van der Waals surface area contributed by atoms with Gasteiger partial charge in [0.05, 0.1) is 16.5 Å². The van der Waals surface area contributed by atoms with Gasteiger partial charge in [-0.1, -0.05) is 12.1 Å². The van der Waals surface area contributed by atoms with Crippen molar-refractivity contribution in [1.29, 1.82) is 0 Å². The summed E-state index contributed by atoms with van der Waals surface area (Å²) in [6.07, 6.45) is 4.24. The molecule has 1 amide bonds. The van der Waals surface area contributed by atoms with Gasteiger partial charge in [-0.3, -0.25) is 9.59 Å². The topological polar surface area (TPSA) is 69.0 Å². The Kier molecular flexibility index (Phi) is 2.99. The number of H-pyrrole nitrogens is 2. The normalized spacial score (nSPS) is 24.1. The van der Waals surface area contributed by atoms with E-state index in [9.17, 15) is 14.0 Å². The summed E-state index contributed by atoms with van der Waals surface area (Å²) in [5.41, 5.74) is 2.55. The zero-order valence-electron chi connectivity index (χ0n) is 14.3. The highest BCUT2D eigenvalue weighted by molar-refractivity contribution is 6.07. The van der Waals surface area contributed by atoms with Crippen molar-refractivity contribution in [2.24, 2.45) is 5.92 Å². The number of aromatic amines is 2. The van der Waals surface area contributed by atoms with Crippen LogP contribution in [0.5, 0.6) is 0 Å². The summed E-state index contributed by atoms with van der Waals surface area (Å²) in [7, 11) is 0. The summed E-state index contributed by atoms with van der Waals surface area (Å²) in [5, 5.41) is 0.412. The number of piperidine rings is 1. The molecule has 2 unspecified atom stereocenters. The molecule has 26 heavy (non-hydrogen) atoms. The molecule has 5 nitrogen and oxygen atoms in total. The lowest BCUT2D eigenvalue weighted by molar-refractivity contribution is 0.0774. The number of amides is 1. The first-order chi connectivity index (χ1) is 12.5. The first-order valence-corrected chi connectivity index (χ1v) is 8.74. The molecule has 1 saturated heterocycles. The number of carbonyl (C=O) groups excluding carboxylic acids is 1. The maximum absolute atomic E-state index is 13.6. The van der Waals surface area contributed by atoms with Crippen molar-refractivity contribution >= 4 is 16.8 Å². The highest BCUT2D eigenvalue weighted by Crippen LogP contribution is 2.59. The van der Waals surface area contributed by atoms with Gasteiger partial charge in [0.15, 0.2) is 0 Å². The molecule has 1 saturated carbocycles. The summed E-state index contributed by atoms with van der Waals surface area (Å²) in [6.45, 7) is 3.09. The number of benzene rings is 1. The summed E-state index contributed by atoms with van der Waals surface area (Å²) in [6, 6.07) is 6.68. The molecule has 2 aromatic heterocycles. The van der Waals surface area contributed by atoms with Crippen LogP contribution in [0.25, 0.3) is 10.9 Å². The number of carbonyl (C=O) groups is 1. The second-order valence-corrected chi connectivity index (χ2v) is 7.51. The summed E-state index contributed by atoms with van der Waals surface area (Å²) >= 11 is 0. The standard InChI is InChI=1S/C20H18FN3O2/c1-11-7-23-18(25)16-15(8-22-17(11)16)19(26)24-9-13-6-20(13,10-24)12-3-2-4-14(21)5-12/h2-5,7-8,13,22H,6,9-10H2,1H3,(H,23,25). The van der Waals surface area contributed by atoms with Crippen LogP contribution in [0.4, 0.5) is 4.39 Å². The molecule has 2 fully saturated rings. The molecule has 6 heteroatoms. The van der Waals surface area contributed by atoms with Gasteiger partial charge in [0.2, 0.25) is 0 Å². The van der Waals surface area contributed by atoms with E-state index in [1.165, 1.54) is 6.07 Å². The van der Waals surface area contributed by atoms with Gasteiger partial charge < -0.3 is 14.9 Å². The minimum Gasteiger partial charge on any atom is -0.360 e.